The highest BCUT2D eigenvalue weighted by Crippen LogP contribution is 2.24. The molecule has 0 N–H and O–H groups in total. The number of likely N-dealkylation sites (tertiary alicyclic amines) is 1. The largest absolute Gasteiger partial charge is 0.459 e. The molecule has 6 nitrogen and oxygen atoms in total. The van der Waals surface area contributed by atoms with E-state index in [1.165, 1.54) is 0 Å². The number of benzene rings is 1. The third-order valence-electron chi connectivity index (χ3n) is 3.52. The van der Waals surface area contributed by atoms with Gasteiger partial charge in [0.2, 0.25) is 5.91 Å². The molecule has 1 aromatic heterocycles. The SMILES string of the molecule is [N-]=[N+]=NCC1CC(=O)N(Cc2cc3ccccc3o2)C1. The molecule has 102 valence electrons. The molecule has 0 aliphatic carbocycles. The van der Waals surface area contributed by atoms with Crippen LogP contribution in [0.5, 0.6) is 0 Å². The third kappa shape index (κ3) is 2.46. The van der Waals surface area contributed by atoms with Crippen molar-refractivity contribution in [1.82, 2.24) is 4.90 Å². The van der Waals surface area contributed by atoms with Gasteiger partial charge in [0, 0.05) is 29.8 Å². The van der Waals surface area contributed by atoms with E-state index >= 15 is 0 Å². The van der Waals surface area contributed by atoms with E-state index in [-0.39, 0.29) is 11.8 Å². The number of azide groups is 1. The van der Waals surface area contributed by atoms with Crippen LogP contribution >= 0.6 is 0 Å². The second-order valence-electron chi connectivity index (χ2n) is 5.01. The van der Waals surface area contributed by atoms with Crippen molar-refractivity contribution in [2.45, 2.75) is 13.0 Å². The number of furan rings is 1. The zero-order valence-electron chi connectivity index (χ0n) is 10.9. The van der Waals surface area contributed by atoms with Crippen LogP contribution in [0, 0.1) is 5.92 Å². The van der Waals surface area contributed by atoms with Gasteiger partial charge in [-0.25, -0.2) is 0 Å². The first-order valence-electron chi connectivity index (χ1n) is 6.52. The number of rotatable bonds is 4. The second-order valence-corrected chi connectivity index (χ2v) is 5.01. The Kier molecular flexibility index (Phi) is 3.31. The summed E-state index contributed by atoms with van der Waals surface area (Å²) in [6.45, 7) is 1.47. The number of nitrogens with zero attached hydrogens (tertiary/aromatic N) is 4. The Labute approximate surface area is 115 Å². The lowest BCUT2D eigenvalue weighted by molar-refractivity contribution is -0.128. The van der Waals surface area contributed by atoms with E-state index in [1.54, 1.807) is 4.90 Å². The molecule has 1 amide bonds. The normalized spacial score (nSPS) is 18.5. The highest BCUT2D eigenvalue weighted by atomic mass is 16.3. The highest BCUT2D eigenvalue weighted by Gasteiger charge is 2.29. The Morgan fingerprint density at radius 1 is 1.45 bits per heavy atom. The zero-order valence-corrected chi connectivity index (χ0v) is 10.9. The minimum atomic E-state index is 0.0867. The Morgan fingerprint density at radius 3 is 3.10 bits per heavy atom. The quantitative estimate of drug-likeness (QED) is 0.486. The Hall–Kier alpha value is -2.46. The monoisotopic (exact) mass is 270 g/mol. The molecule has 2 aromatic rings. The van der Waals surface area contributed by atoms with Gasteiger partial charge < -0.3 is 9.32 Å². The fourth-order valence-corrected chi connectivity index (χ4v) is 2.58. The minimum Gasteiger partial charge on any atom is -0.459 e. The van der Waals surface area contributed by atoms with E-state index in [0.717, 1.165) is 16.7 Å². The van der Waals surface area contributed by atoms with Crippen molar-refractivity contribution >= 4 is 16.9 Å². The van der Waals surface area contributed by atoms with Crippen molar-refractivity contribution < 1.29 is 9.21 Å². The van der Waals surface area contributed by atoms with Gasteiger partial charge in [0.1, 0.15) is 11.3 Å². The fraction of sp³-hybridized carbons (Fsp3) is 0.357. The Morgan fingerprint density at radius 2 is 2.30 bits per heavy atom. The van der Waals surface area contributed by atoms with Crippen LogP contribution in [-0.2, 0) is 11.3 Å². The summed E-state index contributed by atoms with van der Waals surface area (Å²) in [6, 6.07) is 9.74. The average molecular weight is 270 g/mol. The van der Waals surface area contributed by atoms with Gasteiger partial charge in [0.25, 0.3) is 0 Å². The van der Waals surface area contributed by atoms with Gasteiger partial charge in [-0.3, -0.25) is 4.79 Å². The van der Waals surface area contributed by atoms with Crippen LogP contribution in [0.1, 0.15) is 12.2 Å². The van der Waals surface area contributed by atoms with Crippen molar-refractivity contribution in [1.29, 1.82) is 0 Å². The highest BCUT2D eigenvalue weighted by molar-refractivity contribution is 5.80. The van der Waals surface area contributed by atoms with Crippen LogP contribution in [-0.4, -0.2) is 23.9 Å². The predicted molar refractivity (Wildman–Crippen MR) is 73.8 cm³/mol. The molecule has 0 saturated carbocycles. The maximum Gasteiger partial charge on any atom is 0.223 e. The number of hydrogen-bond donors (Lipinski definition) is 0. The summed E-state index contributed by atoms with van der Waals surface area (Å²) in [5, 5.41) is 4.58. The topological polar surface area (TPSA) is 82.2 Å². The summed E-state index contributed by atoms with van der Waals surface area (Å²) in [7, 11) is 0. The molecule has 1 saturated heterocycles. The van der Waals surface area contributed by atoms with Crippen molar-refractivity contribution in [3.63, 3.8) is 0 Å². The number of hydrogen-bond acceptors (Lipinski definition) is 3. The summed E-state index contributed by atoms with van der Waals surface area (Å²) >= 11 is 0. The molecule has 2 heterocycles. The van der Waals surface area contributed by atoms with E-state index in [2.05, 4.69) is 10.0 Å². The first-order valence-corrected chi connectivity index (χ1v) is 6.52. The van der Waals surface area contributed by atoms with Crippen LogP contribution in [0.15, 0.2) is 39.9 Å². The zero-order chi connectivity index (χ0) is 13.9. The molecule has 0 radical (unpaired) electrons. The average Bonchev–Trinajstić information content (AvgIpc) is 3.00. The molecule has 1 aliphatic heterocycles. The van der Waals surface area contributed by atoms with Gasteiger partial charge >= 0.3 is 0 Å². The smallest absolute Gasteiger partial charge is 0.223 e. The van der Waals surface area contributed by atoms with E-state index in [1.807, 2.05) is 30.3 Å². The van der Waals surface area contributed by atoms with Crippen molar-refractivity contribution in [3.8, 4) is 0 Å². The van der Waals surface area contributed by atoms with Gasteiger partial charge in [-0.05, 0) is 23.6 Å². The number of carbonyl (C=O) groups excluding carboxylic acids is 1. The summed E-state index contributed by atoms with van der Waals surface area (Å²) in [5.74, 6) is 0.982. The molecule has 1 unspecified atom stereocenters. The van der Waals surface area contributed by atoms with Crippen LogP contribution < -0.4 is 0 Å². The molecule has 1 atom stereocenters. The van der Waals surface area contributed by atoms with Crippen LogP contribution in [0.2, 0.25) is 0 Å². The number of fused-ring (bicyclic) bond motifs is 1. The molecule has 20 heavy (non-hydrogen) atoms. The van der Waals surface area contributed by atoms with Crippen molar-refractivity contribution in [3.05, 3.63) is 46.5 Å². The third-order valence-corrected chi connectivity index (χ3v) is 3.52. The molecule has 0 bridgehead atoms. The fourth-order valence-electron chi connectivity index (χ4n) is 2.58. The van der Waals surface area contributed by atoms with Gasteiger partial charge in [-0.1, -0.05) is 23.3 Å². The van der Waals surface area contributed by atoms with E-state index in [0.29, 0.717) is 26.1 Å². The maximum atomic E-state index is 11.9. The molecule has 6 heteroatoms. The van der Waals surface area contributed by atoms with Crippen molar-refractivity contribution in [2.24, 2.45) is 11.0 Å². The summed E-state index contributed by atoms with van der Waals surface area (Å²) < 4.78 is 5.72. The van der Waals surface area contributed by atoms with E-state index < -0.39 is 0 Å². The minimum absolute atomic E-state index is 0.0867. The summed E-state index contributed by atoms with van der Waals surface area (Å²) in [5.41, 5.74) is 9.15. The molecule has 1 aliphatic rings. The van der Waals surface area contributed by atoms with Crippen molar-refractivity contribution in [2.75, 3.05) is 13.1 Å². The van der Waals surface area contributed by atoms with Crippen LogP contribution in [0.3, 0.4) is 0 Å². The van der Waals surface area contributed by atoms with Gasteiger partial charge in [-0.15, -0.1) is 0 Å². The first kappa shape index (κ1) is 12.6. The lowest BCUT2D eigenvalue weighted by Gasteiger charge is -2.14. The molecule has 1 fully saturated rings. The number of carbonyl (C=O) groups is 1. The standard InChI is InChI=1S/C14H14N4O2/c15-17-16-7-10-5-14(19)18(8-10)9-12-6-11-3-1-2-4-13(11)20-12/h1-4,6,10H,5,7-9H2. The Bertz CT molecular complexity index is 654. The van der Waals surface area contributed by atoms with Gasteiger partial charge in [0.05, 0.1) is 6.54 Å². The lowest BCUT2D eigenvalue weighted by atomic mass is 10.1. The molecule has 1 aromatic carbocycles. The van der Waals surface area contributed by atoms with Gasteiger partial charge in [-0.2, -0.15) is 0 Å². The predicted octanol–water partition coefficient (Wildman–Crippen LogP) is 3.09. The maximum absolute atomic E-state index is 11.9. The molecular formula is C14H14N4O2. The lowest BCUT2D eigenvalue weighted by Crippen LogP contribution is -2.24. The van der Waals surface area contributed by atoms with E-state index in [4.69, 9.17) is 9.95 Å². The summed E-state index contributed by atoms with van der Waals surface area (Å²) in [4.78, 5) is 16.4. The van der Waals surface area contributed by atoms with Crippen LogP contribution in [0.25, 0.3) is 21.4 Å². The molecule has 0 spiro atoms. The molecular weight excluding hydrogens is 256 g/mol. The first-order chi connectivity index (χ1) is 9.76. The van der Waals surface area contributed by atoms with Crippen LogP contribution in [0.4, 0.5) is 0 Å². The summed E-state index contributed by atoms with van der Waals surface area (Å²) in [6.07, 6.45) is 0.444. The molecule has 3 rings (SSSR count). The second kappa shape index (κ2) is 5.27. The van der Waals surface area contributed by atoms with Gasteiger partial charge in [0.15, 0.2) is 0 Å². The number of amides is 1. The van der Waals surface area contributed by atoms with E-state index in [9.17, 15) is 4.79 Å². The Balaban J connectivity index is 1.71. The number of para-hydroxylation sites is 1.